The number of fused-ring (bicyclic) bond motifs is 1. The van der Waals surface area contributed by atoms with Gasteiger partial charge in [-0.2, -0.15) is 0 Å². The van der Waals surface area contributed by atoms with Crippen LogP contribution in [0.5, 0.6) is 0 Å². The van der Waals surface area contributed by atoms with E-state index in [9.17, 15) is 28.0 Å². The van der Waals surface area contributed by atoms with Crippen LogP contribution in [-0.4, -0.2) is 56.5 Å². The van der Waals surface area contributed by atoms with Crippen LogP contribution < -0.4 is 22.1 Å². The van der Waals surface area contributed by atoms with Crippen molar-refractivity contribution >= 4 is 41.2 Å². The number of hydrogen-bond acceptors (Lipinski definition) is 6. The second-order valence-corrected chi connectivity index (χ2v) is 11.2. The number of carbonyl (C=O) groups excluding carboxylic acids is 4. The average Bonchev–Trinajstić information content (AvgIpc) is 2.98. The van der Waals surface area contributed by atoms with Gasteiger partial charge in [0.2, 0.25) is 17.7 Å². The normalized spacial score (nSPS) is 22.6. The molecule has 5 rings (SSSR count). The molecule has 1 aromatic heterocycles. The van der Waals surface area contributed by atoms with E-state index in [0.717, 1.165) is 11.1 Å². The van der Waals surface area contributed by atoms with Crippen molar-refractivity contribution in [3.63, 3.8) is 0 Å². The Balaban J connectivity index is 1.65. The molecule has 44 heavy (non-hydrogen) atoms. The molecular formula is C30H30ClF2N7O4. The highest BCUT2D eigenvalue weighted by Crippen LogP contribution is 2.56. The minimum Gasteiger partial charge on any atom is -0.368 e. The number of urea groups is 1. The van der Waals surface area contributed by atoms with Gasteiger partial charge in [-0.3, -0.25) is 19.7 Å². The molecule has 3 aromatic rings. The number of nitrogens with one attached hydrogen (secondary N) is 2. The van der Waals surface area contributed by atoms with Gasteiger partial charge >= 0.3 is 6.03 Å². The standard InChI is InChI=1S/C30H30ClF2N7O4/c1-15(27(34)42)38-28(43)25-19(11-30(25,32)33)17-8-5-9-18-20(17)13-40(23(41)12-31)26(24(18)16-6-3-2-4-7-16)21-10-22(37-14-36-21)39-29(35)44/h2-10,14-15,19,24-26H,11-13H2,1H3,(H2,34,42)(H,38,43)(H3,35,36,37,39,44)/t15-,19-,24-,25-,26-/m0/s1. The molecule has 0 spiro atoms. The smallest absolute Gasteiger partial charge is 0.317 e. The molecule has 2 aliphatic rings. The van der Waals surface area contributed by atoms with Crippen molar-refractivity contribution in [2.45, 2.75) is 49.7 Å². The fraction of sp³-hybridized carbons (Fsp3) is 0.333. The highest BCUT2D eigenvalue weighted by atomic mass is 35.5. The van der Waals surface area contributed by atoms with Crippen molar-refractivity contribution < 1.29 is 28.0 Å². The molecule has 230 valence electrons. The van der Waals surface area contributed by atoms with Crippen molar-refractivity contribution in [1.29, 1.82) is 0 Å². The van der Waals surface area contributed by atoms with Crippen LogP contribution in [0.4, 0.5) is 19.4 Å². The van der Waals surface area contributed by atoms with Gasteiger partial charge in [-0.25, -0.2) is 23.5 Å². The average molecular weight is 626 g/mol. The first-order chi connectivity index (χ1) is 20.9. The monoisotopic (exact) mass is 625 g/mol. The molecular weight excluding hydrogens is 596 g/mol. The molecule has 1 fully saturated rings. The molecule has 11 nitrogen and oxygen atoms in total. The lowest BCUT2D eigenvalue weighted by Crippen LogP contribution is -2.57. The third-order valence-electron chi connectivity index (χ3n) is 8.22. The summed E-state index contributed by atoms with van der Waals surface area (Å²) in [5, 5.41) is 4.73. The van der Waals surface area contributed by atoms with E-state index in [0.29, 0.717) is 16.8 Å². The summed E-state index contributed by atoms with van der Waals surface area (Å²) in [5.41, 5.74) is 13.6. The molecule has 0 bridgehead atoms. The van der Waals surface area contributed by atoms with Gasteiger partial charge in [-0.1, -0.05) is 48.5 Å². The molecule has 1 saturated carbocycles. The highest BCUT2D eigenvalue weighted by molar-refractivity contribution is 6.27. The number of anilines is 1. The second kappa shape index (κ2) is 12.2. The Kier molecular flexibility index (Phi) is 8.51. The number of rotatable bonds is 8. The van der Waals surface area contributed by atoms with Crippen LogP contribution in [-0.2, 0) is 20.9 Å². The Morgan fingerprint density at radius 1 is 1.07 bits per heavy atom. The minimum absolute atomic E-state index is 0.0122. The van der Waals surface area contributed by atoms with Gasteiger partial charge in [0, 0.05) is 30.9 Å². The number of alkyl halides is 3. The summed E-state index contributed by atoms with van der Waals surface area (Å²) >= 11 is 6.09. The zero-order valence-corrected chi connectivity index (χ0v) is 24.3. The fourth-order valence-corrected chi connectivity index (χ4v) is 6.33. The Morgan fingerprint density at radius 3 is 2.41 bits per heavy atom. The first kappa shape index (κ1) is 30.8. The number of benzene rings is 2. The molecule has 0 radical (unpaired) electrons. The van der Waals surface area contributed by atoms with Crippen molar-refractivity contribution in [2.75, 3.05) is 11.2 Å². The van der Waals surface area contributed by atoms with E-state index in [2.05, 4.69) is 20.6 Å². The van der Waals surface area contributed by atoms with E-state index in [1.165, 1.54) is 24.2 Å². The van der Waals surface area contributed by atoms with E-state index in [-0.39, 0.29) is 18.2 Å². The predicted molar refractivity (Wildman–Crippen MR) is 157 cm³/mol. The summed E-state index contributed by atoms with van der Waals surface area (Å²) in [6.07, 6.45) is 0.647. The molecule has 14 heteroatoms. The number of nitrogens with zero attached hydrogens (tertiary/aromatic N) is 3. The number of amides is 5. The second-order valence-electron chi connectivity index (χ2n) is 10.9. The van der Waals surface area contributed by atoms with Crippen LogP contribution in [0.1, 0.15) is 59.2 Å². The number of primary amides is 2. The Bertz CT molecular complexity index is 1610. The number of halogens is 3. The lowest BCUT2D eigenvalue weighted by atomic mass is 9.63. The van der Waals surface area contributed by atoms with Crippen LogP contribution in [0.2, 0.25) is 0 Å². The molecule has 0 saturated heterocycles. The zero-order valence-electron chi connectivity index (χ0n) is 23.5. The highest BCUT2D eigenvalue weighted by Gasteiger charge is 2.61. The molecule has 5 amide bonds. The van der Waals surface area contributed by atoms with Crippen LogP contribution in [0.25, 0.3) is 0 Å². The first-order valence-electron chi connectivity index (χ1n) is 13.8. The zero-order chi connectivity index (χ0) is 31.8. The van der Waals surface area contributed by atoms with Gasteiger partial charge in [0.15, 0.2) is 0 Å². The summed E-state index contributed by atoms with van der Waals surface area (Å²) in [7, 11) is 0. The summed E-state index contributed by atoms with van der Waals surface area (Å²) in [4.78, 5) is 59.5. The number of carbonyl (C=O) groups is 4. The van der Waals surface area contributed by atoms with E-state index in [1.807, 2.05) is 36.4 Å². The van der Waals surface area contributed by atoms with E-state index in [4.69, 9.17) is 23.1 Å². The van der Waals surface area contributed by atoms with Crippen LogP contribution in [0.3, 0.4) is 0 Å². The first-order valence-corrected chi connectivity index (χ1v) is 14.3. The van der Waals surface area contributed by atoms with Crippen LogP contribution in [0.15, 0.2) is 60.9 Å². The van der Waals surface area contributed by atoms with E-state index in [1.54, 1.807) is 12.1 Å². The maximum absolute atomic E-state index is 15.0. The van der Waals surface area contributed by atoms with Gasteiger partial charge in [-0.05, 0) is 29.2 Å². The Labute approximate surface area is 256 Å². The molecule has 2 aromatic carbocycles. The van der Waals surface area contributed by atoms with E-state index < -0.39 is 65.9 Å². The van der Waals surface area contributed by atoms with Crippen LogP contribution >= 0.6 is 11.6 Å². The maximum atomic E-state index is 15.0. The number of aromatic nitrogens is 2. The van der Waals surface area contributed by atoms with Gasteiger partial charge in [0.25, 0.3) is 5.92 Å². The molecule has 6 N–H and O–H groups in total. The SMILES string of the molecule is C[C@H](NC(=O)[C@@H]1[C@H](c2cccc3c2CN(C(=O)CCl)[C@@H](c2cc(NC(N)=O)ncn2)[C@H]3c2ccccc2)CC1(F)F)C(N)=O. The van der Waals surface area contributed by atoms with Crippen molar-refractivity contribution in [2.24, 2.45) is 17.4 Å². The number of hydrogen-bond donors (Lipinski definition) is 4. The van der Waals surface area contributed by atoms with Crippen molar-refractivity contribution in [1.82, 2.24) is 20.2 Å². The van der Waals surface area contributed by atoms with E-state index >= 15 is 0 Å². The van der Waals surface area contributed by atoms with Gasteiger partial charge < -0.3 is 21.7 Å². The summed E-state index contributed by atoms with van der Waals surface area (Å²) in [6.45, 7) is 1.32. The van der Waals surface area contributed by atoms with Crippen LogP contribution in [0, 0.1) is 5.92 Å². The molecule has 0 unspecified atom stereocenters. The summed E-state index contributed by atoms with van der Waals surface area (Å²) < 4.78 is 29.9. The molecule has 1 aliphatic carbocycles. The molecule has 2 heterocycles. The third kappa shape index (κ3) is 5.79. The lowest BCUT2D eigenvalue weighted by Gasteiger charge is -2.47. The predicted octanol–water partition coefficient (Wildman–Crippen LogP) is 3.15. The third-order valence-corrected chi connectivity index (χ3v) is 8.44. The largest absolute Gasteiger partial charge is 0.368 e. The topological polar surface area (TPSA) is 173 Å². The van der Waals surface area contributed by atoms with Crippen molar-refractivity contribution in [3.8, 4) is 0 Å². The maximum Gasteiger partial charge on any atom is 0.317 e. The van der Waals surface area contributed by atoms with Gasteiger partial charge in [0.05, 0.1) is 11.7 Å². The molecule has 1 aliphatic heterocycles. The Morgan fingerprint density at radius 2 is 1.77 bits per heavy atom. The summed E-state index contributed by atoms with van der Waals surface area (Å²) in [6, 6.07) is 13.4. The quantitative estimate of drug-likeness (QED) is 0.280. The summed E-state index contributed by atoms with van der Waals surface area (Å²) in [5.74, 6) is -9.02. The Hall–Kier alpha value is -4.65. The lowest BCUT2D eigenvalue weighted by molar-refractivity contribution is -0.171. The van der Waals surface area contributed by atoms with Gasteiger partial charge in [0.1, 0.15) is 30.0 Å². The number of nitrogens with two attached hydrogens (primary N) is 2. The fourth-order valence-electron chi connectivity index (χ4n) is 6.17. The van der Waals surface area contributed by atoms with Gasteiger partial charge in [-0.15, -0.1) is 11.6 Å². The minimum atomic E-state index is -3.32. The molecule has 5 atom stereocenters. The van der Waals surface area contributed by atoms with Crippen molar-refractivity contribution in [3.05, 3.63) is 88.9 Å².